The Labute approximate surface area is 126 Å². The zero-order chi connectivity index (χ0) is 15.4. The van der Waals surface area contributed by atoms with Crippen LogP contribution in [0, 0.1) is 0 Å². The third-order valence-corrected chi connectivity index (χ3v) is 3.29. The Morgan fingerprint density at radius 2 is 2.24 bits per heavy atom. The number of esters is 1. The minimum Gasteiger partial charge on any atom is -0.466 e. The average Bonchev–Trinajstić information content (AvgIpc) is 2.88. The Hall–Kier alpha value is -2.08. The van der Waals surface area contributed by atoms with E-state index in [1.807, 2.05) is 0 Å². The standard InChI is InChI=1S/C14H16ClN3O3/c1-3-21-12(19)6-8(2)17-14(20)9-4-5-11(15)10-7-16-18-13(9)10/h4-5,7-8H,3,6H2,1-2H3,(H,16,18)(H,17,20). The second-order valence-corrected chi connectivity index (χ2v) is 5.04. The fraction of sp³-hybridized carbons (Fsp3) is 0.357. The highest BCUT2D eigenvalue weighted by molar-refractivity contribution is 6.35. The van der Waals surface area contributed by atoms with Crippen LogP contribution in [0.3, 0.4) is 0 Å². The van der Waals surface area contributed by atoms with Gasteiger partial charge >= 0.3 is 5.97 Å². The zero-order valence-corrected chi connectivity index (χ0v) is 12.5. The van der Waals surface area contributed by atoms with Gasteiger partial charge in [-0.2, -0.15) is 5.10 Å². The molecule has 0 saturated heterocycles. The topological polar surface area (TPSA) is 84.1 Å². The molecule has 0 bridgehead atoms. The molecule has 2 rings (SSSR count). The van der Waals surface area contributed by atoms with Crippen LogP contribution in [-0.2, 0) is 9.53 Å². The molecular formula is C14H16ClN3O3. The van der Waals surface area contributed by atoms with Crippen molar-refractivity contribution in [3.8, 4) is 0 Å². The summed E-state index contributed by atoms with van der Waals surface area (Å²) in [6, 6.07) is 2.93. The smallest absolute Gasteiger partial charge is 0.307 e. The van der Waals surface area contributed by atoms with Crippen LogP contribution in [0.5, 0.6) is 0 Å². The SMILES string of the molecule is CCOC(=O)CC(C)NC(=O)c1ccc(Cl)c2cn[nH]c12. The number of H-pyrrole nitrogens is 1. The Morgan fingerprint density at radius 3 is 2.95 bits per heavy atom. The van der Waals surface area contributed by atoms with E-state index in [2.05, 4.69) is 15.5 Å². The number of nitrogens with one attached hydrogen (secondary N) is 2. The molecule has 6 nitrogen and oxygen atoms in total. The number of hydrogen-bond acceptors (Lipinski definition) is 4. The van der Waals surface area contributed by atoms with E-state index in [-0.39, 0.29) is 24.3 Å². The average molecular weight is 310 g/mol. The summed E-state index contributed by atoms with van der Waals surface area (Å²) in [5, 5.41) is 10.6. The molecule has 1 atom stereocenters. The summed E-state index contributed by atoms with van der Waals surface area (Å²) in [4.78, 5) is 23.6. The summed E-state index contributed by atoms with van der Waals surface area (Å²) in [5.41, 5.74) is 1.01. The summed E-state index contributed by atoms with van der Waals surface area (Å²) in [5.74, 6) is -0.634. The van der Waals surface area contributed by atoms with E-state index in [4.69, 9.17) is 16.3 Å². The zero-order valence-electron chi connectivity index (χ0n) is 11.8. The van der Waals surface area contributed by atoms with Gasteiger partial charge in [-0.3, -0.25) is 14.7 Å². The first-order valence-electron chi connectivity index (χ1n) is 6.61. The van der Waals surface area contributed by atoms with E-state index < -0.39 is 0 Å². The molecule has 1 heterocycles. The van der Waals surface area contributed by atoms with E-state index in [0.29, 0.717) is 28.1 Å². The Balaban J connectivity index is 2.10. The number of nitrogens with zero attached hydrogens (tertiary/aromatic N) is 1. The second-order valence-electron chi connectivity index (χ2n) is 4.64. The predicted molar refractivity (Wildman–Crippen MR) is 79.3 cm³/mol. The highest BCUT2D eigenvalue weighted by Gasteiger charge is 2.17. The largest absolute Gasteiger partial charge is 0.466 e. The number of carbonyl (C=O) groups excluding carboxylic acids is 2. The van der Waals surface area contributed by atoms with Crippen molar-refractivity contribution in [3.63, 3.8) is 0 Å². The van der Waals surface area contributed by atoms with Crippen molar-refractivity contribution in [1.29, 1.82) is 0 Å². The number of aromatic nitrogens is 2. The lowest BCUT2D eigenvalue weighted by molar-refractivity contribution is -0.143. The maximum atomic E-state index is 12.3. The molecule has 0 aliphatic rings. The fourth-order valence-corrected chi connectivity index (χ4v) is 2.22. The number of benzene rings is 1. The number of rotatable bonds is 5. The summed E-state index contributed by atoms with van der Waals surface area (Å²) in [6.45, 7) is 3.81. The van der Waals surface area contributed by atoms with Gasteiger partial charge in [-0.1, -0.05) is 11.6 Å². The molecule has 0 aliphatic carbocycles. The quantitative estimate of drug-likeness (QED) is 0.830. The van der Waals surface area contributed by atoms with Crippen LogP contribution in [0.2, 0.25) is 5.02 Å². The molecule has 7 heteroatoms. The Bertz CT molecular complexity index is 669. The maximum absolute atomic E-state index is 12.3. The molecule has 0 spiro atoms. The van der Waals surface area contributed by atoms with Crippen molar-refractivity contribution < 1.29 is 14.3 Å². The monoisotopic (exact) mass is 309 g/mol. The van der Waals surface area contributed by atoms with Crippen LogP contribution in [0.15, 0.2) is 18.3 Å². The Kier molecular flexibility index (Phi) is 4.80. The number of amides is 1. The minimum atomic E-state index is -0.340. The van der Waals surface area contributed by atoms with Gasteiger partial charge in [-0.25, -0.2) is 0 Å². The van der Waals surface area contributed by atoms with Crippen molar-refractivity contribution in [2.75, 3.05) is 6.61 Å². The number of fused-ring (bicyclic) bond motifs is 1. The third kappa shape index (κ3) is 3.52. The van der Waals surface area contributed by atoms with Crippen LogP contribution in [0.1, 0.15) is 30.6 Å². The first kappa shape index (κ1) is 15.3. The van der Waals surface area contributed by atoms with Gasteiger partial charge in [0, 0.05) is 11.4 Å². The van der Waals surface area contributed by atoms with Crippen LogP contribution >= 0.6 is 11.6 Å². The van der Waals surface area contributed by atoms with E-state index >= 15 is 0 Å². The molecule has 2 aromatic rings. The molecule has 21 heavy (non-hydrogen) atoms. The van der Waals surface area contributed by atoms with Gasteiger partial charge in [0.2, 0.25) is 0 Å². The second kappa shape index (κ2) is 6.58. The summed E-state index contributed by atoms with van der Waals surface area (Å²) >= 11 is 6.03. The van der Waals surface area contributed by atoms with E-state index in [1.165, 1.54) is 0 Å². The normalized spacial score (nSPS) is 12.1. The molecule has 1 aromatic carbocycles. The van der Waals surface area contributed by atoms with Gasteiger partial charge in [0.05, 0.1) is 35.3 Å². The number of ether oxygens (including phenoxy) is 1. The lowest BCUT2D eigenvalue weighted by Gasteiger charge is -2.13. The summed E-state index contributed by atoms with van der Waals surface area (Å²) in [6.07, 6.45) is 1.69. The maximum Gasteiger partial charge on any atom is 0.307 e. The highest BCUT2D eigenvalue weighted by Crippen LogP contribution is 2.24. The summed E-state index contributed by atoms with van der Waals surface area (Å²) in [7, 11) is 0. The van der Waals surface area contributed by atoms with Crippen molar-refractivity contribution >= 4 is 34.4 Å². The fourth-order valence-electron chi connectivity index (χ4n) is 2.01. The van der Waals surface area contributed by atoms with Crippen molar-refractivity contribution in [1.82, 2.24) is 15.5 Å². The molecule has 0 fully saturated rings. The van der Waals surface area contributed by atoms with E-state index in [9.17, 15) is 9.59 Å². The van der Waals surface area contributed by atoms with Crippen molar-refractivity contribution in [3.05, 3.63) is 28.9 Å². The molecule has 2 N–H and O–H groups in total. The summed E-state index contributed by atoms with van der Waals surface area (Å²) < 4.78 is 4.85. The molecule has 1 unspecified atom stereocenters. The minimum absolute atomic E-state index is 0.124. The van der Waals surface area contributed by atoms with E-state index in [1.54, 1.807) is 32.2 Å². The molecule has 1 amide bonds. The number of hydrogen-bond donors (Lipinski definition) is 2. The van der Waals surface area contributed by atoms with Crippen molar-refractivity contribution in [2.45, 2.75) is 26.3 Å². The molecular weight excluding hydrogens is 294 g/mol. The molecule has 0 radical (unpaired) electrons. The van der Waals surface area contributed by atoms with Gasteiger partial charge in [-0.15, -0.1) is 0 Å². The van der Waals surface area contributed by atoms with Crippen LogP contribution in [-0.4, -0.2) is 34.7 Å². The Morgan fingerprint density at radius 1 is 1.48 bits per heavy atom. The highest BCUT2D eigenvalue weighted by atomic mass is 35.5. The van der Waals surface area contributed by atoms with Crippen LogP contribution in [0.25, 0.3) is 10.9 Å². The van der Waals surface area contributed by atoms with Crippen LogP contribution < -0.4 is 5.32 Å². The first-order valence-corrected chi connectivity index (χ1v) is 6.98. The van der Waals surface area contributed by atoms with Gasteiger partial charge in [0.15, 0.2) is 0 Å². The number of halogens is 1. The van der Waals surface area contributed by atoms with Crippen LogP contribution in [0.4, 0.5) is 0 Å². The van der Waals surface area contributed by atoms with E-state index in [0.717, 1.165) is 0 Å². The van der Waals surface area contributed by atoms with Gasteiger partial charge < -0.3 is 10.1 Å². The number of aromatic amines is 1. The molecule has 0 aliphatic heterocycles. The van der Waals surface area contributed by atoms with Gasteiger partial charge in [0.25, 0.3) is 5.91 Å². The van der Waals surface area contributed by atoms with Gasteiger partial charge in [-0.05, 0) is 26.0 Å². The van der Waals surface area contributed by atoms with Crippen molar-refractivity contribution in [2.24, 2.45) is 0 Å². The predicted octanol–water partition coefficient (Wildman–Crippen LogP) is 2.29. The first-order chi connectivity index (χ1) is 10.0. The molecule has 0 saturated carbocycles. The lowest BCUT2D eigenvalue weighted by Crippen LogP contribution is -2.34. The number of carbonyl (C=O) groups is 2. The third-order valence-electron chi connectivity index (χ3n) is 2.96. The molecule has 112 valence electrons. The molecule has 1 aromatic heterocycles. The lowest BCUT2D eigenvalue weighted by atomic mass is 10.1. The van der Waals surface area contributed by atoms with Gasteiger partial charge in [0.1, 0.15) is 0 Å².